The highest BCUT2D eigenvalue weighted by atomic mass is 32.2. The van der Waals surface area contributed by atoms with E-state index in [1.165, 1.54) is 0 Å². The number of hydrogen-bond acceptors (Lipinski definition) is 4. The number of alkyl halides is 5. The van der Waals surface area contributed by atoms with Gasteiger partial charge in [-0.3, -0.25) is 9.35 Å². The van der Waals surface area contributed by atoms with Gasteiger partial charge in [-0.1, -0.05) is 72.8 Å². The first kappa shape index (κ1) is 25.7. The summed E-state index contributed by atoms with van der Waals surface area (Å²) in [7, 11) is -6.55. The topological polar surface area (TPSA) is 80.7 Å². The number of rotatable bonds is 4. The second-order valence-corrected chi connectivity index (χ2v) is 11.4. The van der Waals surface area contributed by atoms with Crippen LogP contribution in [0.15, 0.2) is 72.8 Å². The van der Waals surface area contributed by atoms with E-state index in [2.05, 4.69) is 4.74 Å². The first-order chi connectivity index (χ1) is 18.3. The number of halogens is 5. The lowest BCUT2D eigenvalue weighted by atomic mass is 9.58. The van der Waals surface area contributed by atoms with Crippen LogP contribution in [0.5, 0.6) is 0 Å². The van der Waals surface area contributed by atoms with Gasteiger partial charge in [-0.2, -0.15) is 30.4 Å². The summed E-state index contributed by atoms with van der Waals surface area (Å²) in [6.45, 7) is 0. The van der Waals surface area contributed by atoms with Gasteiger partial charge in [-0.25, -0.2) is 0 Å². The Morgan fingerprint density at radius 3 is 2.05 bits per heavy atom. The molecule has 3 aliphatic rings. The third-order valence-electron chi connectivity index (χ3n) is 7.73. The Bertz CT molecular complexity index is 1760. The number of ether oxygens (including phenoxy) is 1. The maximum Gasteiger partial charge on any atom is 0.432 e. The largest absolute Gasteiger partial charge is 0.444 e. The maximum atomic E-state index is 14.2. The number of fused-ring (bicyclic) bond motifs is 3. The van der Waals surface area contributed by atoms with Crippen molar-refractivity contribution in [3.63, 3.8) is 0 Å². The summed E-state index contributed by atoms with van der Waals surface area (Å²) in [5.41, 5.74) is 3.11. The van der Waals surface area contributed by atoms with Crippen LogP contribution in [0.25, 0.3) is 21.5 Å². The fourth-order valence-electron chi connectivity index (χ4n) is 6.09. The molecule has 202 valence electrons. The van der Waals surface area contributed by atoms with Crippen LogP contribution in [0.4, 0.5) is 22.0 Å². The molecule has 0 radical (unpaired) electrons. The average Bonchev–Trinajstić information content (AvgIpc) is 2.88. The third-order valence-corrected chi connectivity index (χ3v) is 8.63. The van der Waals surface area contributed by atoms with Crippen LogP contribution in [0.1, 0.15) is 40.5 Å². The number of carbonyl (C=O) groups is 1. The molecule has 0 aliphatic heterocycles. The summed E-state index contributed by atoms with van der Waals surface area (Å²) in [5, 5.41) is -2.46. The van der Waals surface area contributed by atoms with Crippen LogP contribution in [-0.2, 0) is 19.6 Å². The molecular weight excluding hydrogens is 543 g/mol. The zero-order chi connectivity index (χ0) is 27.9. The van der Waals surface area contributed by atoms with Gasteiger partial charge in [0.25, 0.3) is 6.10 Å². The minimum atomic E-state index is -6.55. The van der Waals surface area contributed by atoms with Crippen molar-refractivity contribution in [3.05, 3.63) is 95.1 Å². The Balaban J connectivity index is 1.52. The van der Waals surface area contributed by atoms with E-state index in [0.29, 0.717) is 11.1 Å². The lowest BCUT2D eigenvalue weighted by Crippen LogP contribution is -2.53. The zero-order valence-electron chi connectivity index (χ0n) is 19.8. The summed E-state index contributed by atoms with van der Waals surface area (Å²) in [6.07, 6.45) is -10.4. The fourth-order valence-corrected chi connectivity index (χ4v) is 6.54. The molecule has 0 fully saturated rings. The van der Waals surface area contributed by atoms with Gasteiger partial charge in [-0.05, 0) is 50.2 Å². The van der Waals surface area contributed by atoms with Gasteiger partial charge in [0.2, 0.25) is 0 Å². The molecule has 1 N–H and O–H groups in total. The van der Waals surface area contributed by atoms with Gasteiger partial charge in [0.1, 0.15) is 0 Å². The van der Waals surface area contributed by atoms with Gasteiger partial charge < -0.3 is 4.74 Å². The van der Waals surface area contributed by atoms with Crippen molar-refractivity contribution in [1.29, 1.82) is 0 Å². The van der Waals surface area contributed by atoms with Crippen molar-refractivity contribution < 1.29 is 44.5 Å². The molecule has 0 heterocycles. The molecule has 7 rings (SSSR count). The van der Waals surface area contributed by atoms with Gasteiger partial charge in [-0.15, -0.1) is 0 Å². The van der Waals surface area contributed by atoms with Crippen LogP contribution in [-0.4, -0.2) is 36.5 Å². The molecule has 0 aromatic heterocycles. The quantitative estimate of drug-likeness (QED) is 0.174. The summed E-state index contributed by atoms with van der Waals surface area (Å²) in [6, 6.07) is 22.3. The summed E-state index contributed by atoms with van der Waals surface area (Å²) >= 11 is 0. The van der Waals surface area contributed by atoms with E-state index in [-0.39, 0.29) is 6.42 Å². The fraction of sp³-hybridized carbons (Fsp3) is 0.250. The van der Waals surface area contributed by atoms with Gasteiger partial charge in [0.05, 0.1) is 5.92 Å². The second kappa shape index (κ2) is 8.46. The third kappa shape index (κ3) is 3.89. The van der Waals surface area contributed by atoms with Crippen molar-refractivity contribution in [3.8, 4) is 0 Å². The molecule has 4 aromatic carbocycles. The molecule has 39 heavy (non-hydrogen) atoms. The molecule has 3 aliphatic carbocycles. The molecule has 4 aromatic rings. The minimum Gasteiger partial charge on any atom is -0.444 e. The Kier molecular flexibility index (Phi) is 5.58. The second-order valence-electron chi connectivity index (χ2n) is 9.89. The molecule has 0 saturated heterocycles. The maximum absolute atomic E-state index is 14.2. The van der Waals surface area contributed by atoms with E-state index in [1.807, 2.05) is 66.7 Å². The average molecular weight is 563 g/mol. The number of esters is 1. The number of hydrogen-bond donors (Lipinski definition) is 1. The highest BCUT2D eigenvalue weighted by molar-refractivity contribution is 7.86. The molecule has 0 spiro atoms. The predicted octanol–water partition coefficient (Wildman–Crippen LogP) is 6.54. The molecule has 2 bridgehead atoms. The number of benzene rings is 4. The standard InChI is InChI=1S/C28H19F5O5S/c29-27(30,31)26(28(32,33)39(35,36)37)38-25(34)22-13-20-18-10-9-14-5-3-4-8-17(14)23(18)24(22)21-12-16-7-2-1-6-15(16)11-19(20)21/h1-12,20,22,24,26H,13H2,(H,35,36,37). The minimum absolute atomic E-state index is 0.0256. The smallest absolute Gasteiger partial charge is 0.432 e. The van der Waals surface area contributed by atoms with Crippen molar-refractivity contribution in [2.24, 2.45) is 5.92 Å². The molecular formula is C28H19F5O5S. The monoisotopic (exact) mass is 562 g/mol. The van der Waals surface area contributed by atoms with E-state index in [0.717, 1.165) is 32.7 Å². The Morgan fingerprint density at radius 1 is 0.846 bits per heavy atom. The van der Waals surface area contributed by atoms with E-state index < -0.39 is 51.4 Å². The van der Waals surface area contributed by atoms with Crippen LogP contribution in [0.2, 0.25) is 0 Å². The van der Waals surface area contributed by atoms with E-state index in [4.69, 9.17) is 4.55 Å². The van der Waals surface area contributed by atoms with Crippen LogP contribution < -0.4 is 0 Å². The zero-order valence-corrected chi connectivity index (χ0v) is 20.6. The predicted molar refractivity (Wildman–Crippen MR) is 132 cm³/mol. The van der Waals surface area contributed by atoms with E-state index in [1.54, 1.807) is 6.07 Å². The lowest BCUT2D eigenvalue weighted by Gasteiger charge is -2.45. The van der Waals surface area contributed by atoms with Crippen molar-refractivity contribution in [1.82, 2.24) is 0 Å². The highest BCUT2D eigenvalue weighted by Crippen LogP contribution is 2.58. The van der Waals surface area contributed by atoms with Crippen molar-refractivity contribution >= 4 is 37.6 Å². The molecule has 0 amide bonds. The highest BCUT2D eigenvalue weighted by Gasteiger charge is 2.66. The normalized spacial score (nSPS) is 21.4. The summed E-state index contributed by atoms with van der Waals surface area (Å²) in [4.78, 5) is 13.3. The van der Waals surface area contributed by atoms with Crippen LogP contribution >= 0.6 is 0 Å². The SMILES string of the molecule is O=C(OC(C(F)(F)F)C(F)(F)S(=O)(=O)O)C1CC2c3cc4ccccc4cc3C1c1c2ccc2ccccc12. The van der Waals surface area contributed by atoms with Crippen molar-refractivity contribution in [2.45, 2.75) is 35.8 Å². The van der Waals surface area contributed by atoms with Crippen LogP contribution in [0, 0.1) is 5.92 Å². The number of carbonyl (C=O) groups excluding carboxylic acids is 1. The Hall–Kier alpha value is -3.57. The van der Waals surface area contributed by atoms with Crippen molar-refractivity contribution in [2.75, 3.05) is 0 Å². The first-order valence-electron chi connectivity index (χ1n) is 11.9. The van der Waals surface area contributed by atoms with E-state index >= 15 is 0 Å². The Labute approximate surface area is 218 Å². The lowest BCUT2D eigenvalue weighted by molar-refractivity contribution is -0.261. The molecule has 5 nitrogen and oxygen atoms in total. The van der Waals surface area contributed by atoms with Crippen LogP contribution in [0.3, 0.4) is 0 Å². The molecule has 4 atom stereocenters. The molecule has 4 unspecified atom stereocenters. The van der Waals surface area contributed by atoms with Gasteiger partial charge in [0, 0.05) is 11.8 Å². The first-order valence-corrected chi connectivity index (χ1v) is 13.4. The summed E-state index contributed by atoms with van der Waals surface area (Å²) < 4.78 is 105. The summed E-state index contributed by atoms with van der Waals surface area (Å²) in [5.74, 6) is -4.22. The van der Waals surface area contributed by atoms with Gasteiger partial charge >= 0.3 is 27.5 Å². The molecule has 11 heteroatoms. The van der Waals surface area contributed by atoms with Gasteiger partial charge in [0.15, 0.2) is 0 Å². The van der Waals surface area contributed by atoms with E-state index in [9.17, 15) is 35.2 Å². The Morgan fingerprint density at radius 2 is 1.44 bits per heavy atom. The molecule has 0 saturated carbocycles.